The van der Waals surface area contributed by atoms with Gasteiger partial charge in [0.15, 0.2) is 0 Å². The average molecular weight is 129 g/mol. The highest BCUT2D eigenvalue weighted by Gasteiger charge is 2.37. The van der Waals surface area contributed by atoms with E-state index in [0.717, 1.165) is 19.4 Å². The van der Waals surface area contributed by atoms with Crippen LogP contribution in [0.3, 0.4) is 0 Å². The predicted molar refractivity (Wildman–Crippen MR) is 37.3 cm³/mol. The molecule has 0 aromatic carbocycles. The summed E-state index contributed by atoms with van der Waals surface area (Å²) in [6, 6.07) is 0. The summed E-state index contributed by atoms with van der Waals surface area (Å²) in [6.45, 7) is 2.95. The molecule has 0 spiro atoms. The summed E-state index contributed by atoms with van der Waals surface area (Å²) in [4.78, 5) is 0. The van der Waals surface area contributed by atoms with Crippen LogP contribution in [0.2, 0.25) is 0 Å². The molecule has 0 heterocycles. The van der Waals surface area contributed by atoms with Crippen molar-refractivity contribution in [2.75, 3.05) is 13.6 Å². The van der Waals surface area contributed by atoms with Gasteiger partial charge in [0.05, 0.1) is 5.60 Å². The van der Waals surface area contributed by atoms with E-state index in [0.29, 0.717) is 5.92 Å². The van der Waals surface area contributed by atoms with E-state index in [9.17, 15) is 5.11 Å². The van der Waals surface area contributed by atoms with Crippen LogP contribution in [0.4, 0.5) is 0 Å². The van der Waals surface area contributed by atoms with Gasteiger partial charge < -0.3 is 10.4 Å². The summed E-state index contributed by atoms with van der Waals surface area (Å²) >= 11 is 0. The molecule has 0 amide bonds. The predicted octanol–water partition coefficient (Wildman–Crippen LogP) is 0.367. The van der Waals surface area contributed by atoms with E-state index < -0.39 is 0 Å². The second-order valence-corrected chi connectivity index (χ2v) is 3.33. The van der Waals surface area contributed by atoms with Crippen LogP contribution in [-0.4, -0.2) is 24.3 Å². The summed E-state index contributed by atoms with van der Waals surface area (Å²) < 4.78 is 0. The van der Waals surface area contributed by atoms with Gasteiger partial charge in [-0.1, -0.05) is 0 Å². The van der Waals surface area contributed by atoms with E-state index in [-0.39, 0.29) is 5.60 Å². The monoisotopic (exact) mass is 129 g/mol. The van der Waals surface area contributed by atoms with Crippen molar-refractivity contribution in [1.82, 2.24) is 5.32 Å². The van der Waals surface area contributed by atoms with Gasteiger partial charge in [-0.25, -0.2) is 0 Å². The molecule has 0 aliphatic heterocycles. The molecule has 0 atom stereocenters. The summed E-state index contributed by atoms with van der Waals surface area (Å²) in [7, 11) is 1.95. The molecule has 2 nitrogen and oxygen atoms in total. The topological polar surface area (TPSA) is 32.3 Å². The summed E-state index contributed by atoms with van der Waals surface area (Å²) in [5.41, 5.74) is -0.346. The molecule has 0 radical (unpaired) electrons. The van der Waals surface area contributed by atoms with Gasteiger partial charge in [-0.15, -0.1) is 0 Å². The van der Waals surface area contributed by atoms with E-state index in [2.05, 4.69) is 5.32 Å². The molecule has 0 aromatic rings. The second-order valence-electron chi connectivity index (χ2n) is 3.33. The average Bonchev–Trinajstić information content (AvgIpc) is 1.62. The highest BCUT2D eigenvalue weighted by atomic mass is 16.3. The maximum atomic E-state index is 9.28. The third-order valence-electron chi connectivity index (χ3n) is 1.95. The molecule has 0 aromatic heterocycles. The van der Waals surface area contributed by atoms with Gasteiger partial charge in [-0.3, -0.25) is 0 Å². The Hall–Kier alpha value is -0.0800. The van der Waals surface area contributed by atoms with Crippen LogP contribution in [0, 0.1) is 5.92 Å². The maximum absolute atomic E-state index is 9.28. The fourth-order valence-corrected chi connectivity index (χ4v) is 1.62. The zero-order valence-corrected chi connectivity index (χ0v) is 6.15. The Labute approximate surface area is 56.3 Å². The second kappa shape index (κ2) is 2.27. The molecule has 2 N–H and O–H groups in total. The molecule has 9 heavy (non-hydrogen) atoms. The number of rotatable bonds is 2. The number of aliphatic hydroxyl groups is 1. The van der Waals surface area contributed by atoms with E-state index >= 15 is 0 Å². The first kappa shape index (κ1) is 7.03. The van der Waals surface area contributed by atoms with Crippen LogP contribution >= 0.6 is 0 Å². The normalized spacial score (nSPS) is 42.3. The summed E-state index contributed by atoms with van der Waals surface area (Å²) in [5.74, 6) is 0.713. The first-order valence-electron chi connectivity index (χ1n) is 3.51. The Bertz CT molecular complexity index is 93.1. The lowest BCUT2D eigenvalue weighted by atomic mass is 9.72. The van der Waals surface area contributed by atoms with Crippen molar-refractivity contribution in [3.63, 3.8) is 0 Å². The molecular weight excluding hydrogens is 114 g/mol. The first-order valence-corrected chi connectivity index (χ1v) is 3.51. The Morgan fingerprint density at radius 3 is 2.56 bits per heavy atom. The largest absolute Gasteiger partial charge is 0.390 e. The van der Waals surface area contributed by atoms with Crippen molar-refractivity contribution in [3.05, 3.63) is 0 Å². The Morgan fingerprint density at radius 1 is 1.67 bits per heavy atom. The minimum Gasteiger partial charge on any atom is -0.390 e. The van der Waals surface area contributed by atoms with Crippen molar-refractivity contribution in [2.45, 2.75) is 25.4 Å². The van der Waals surface area contributed by atoms with Gasteiger partial charge in [-0.2, -0.15) is 0 Å². The van der Waals surface area contributed by atoms with Crippen molar-refractivity contribution < 1.29 is 5.11 Å². The van der Waals surface area contributed by atoms with Crippen LogP contribution in [0.15, 0.2) is 0 Å². The van der Waals surface area contributed by atoms with E-state index in [4.69, 9.17) is 0 Å². The minimum atomic E-state index is -0.346. The van der Waals surface area contributed by atoms with Crippen LogP contribution < -0.4 is 5.32 Å². The Kier molecular flexibility index (Phi) is 1.78. The number of hydrogen-bond donors (Lipinski definition) is 2. The summed E-state index contributed by atoms with van der Waals surface area (Å²) in [5, 5.41) is 12.4. The van der Waals surface area contributed by atoms with Crippen LogP contribution in [0.25, 0.3) is 0 Å². The zero-order valence-electron chi connectivity index (χ0n) is 6.15. The van der Waals surface area contributed by atoms with Crippen LogP contribution in [0.1, 0.15) is 19.8 Å². The molecule has 1 rings (SSSR count). The standard InChI is InChI=1S/C7H15NO/c1-7(9)3-6(4-7)5-8-2/h6,8-9H,3-5H2,1-2H3/t6-,7-. The highest BCUT2D eigenvalue weighted by molar-refractivity contribution is 4.90. The molecular formula is C7H15NO. The molecule has 0 saturated heterocycles. The lowest BCUT2D eigenvalue weighted by Crippen LogP contribution is -2.44. The quantitative estimate of drug-likeness (QED) is 0.564. The molecule has 0 bridgehead atoms. The highest BCUT2D eigenvalue weighted by Crippen LogP contribution is 2.36. The van der Waals surface area contributed by atoms with E-state index in [1.54, 1.807) is 0 Å². The minimum absolute atomic E-state index is 0.346. The van der Waals surface area contributed by atoms with Crippen molar-refractivity contribution in [1.29, 1.82) is 0 Å². The zero-order chi connectivity index (χ0) is 6.91. The first-order chi connectivity index (χ1) is 4.14. The number of nitrogens with one attached hydrogen (secondary N) is 1. The molecule has 1 aliphatic rings. The lowest BCUT2D eigenvalue weighted by molar-refractivity contribution is -0.0555. The number of hydrogen-bond acceptors (Lipinski definition) is 2. The maximum Gasteiger partial charge on any atom is 0.0626 e. The van der Waals surface area contributed by atoms with Crippen molar-refractivity contribution in [2.24, 2.45) is 5.92 Å². The third kappa shape index (κ3) is 1.66. The molecule has 2 heteroatoms. The fraction of sp³-hybridized carbons (Fsp3) is 1.00. The van der Waals surface area contributed by atoms with Crippen molar-refractivity contribution >= 4 is 0 Å². The molecule has 1 saturated carbocycles. The third-order valence-corrected chi connectivity index (χ3v) is 1.95. The Morgan fingerprint density at radius 2 is 2.22 bits per heavy atom. The van der Waals surface area contributed by atoms with Gasteiger partial charge in [0, 0.05) is 0 Å². The smallest absolute Gasteiger partial charge is 0.0626 e. The molecule has 1 aliphatic carbocycles. The molecule has 0 unspecified atom stereocenters. The van der Waals surface area contributed by atoms with Gasteiger partial charge in [0.2, 0.25) is 0 Å². The van der Waals surface area contributed by atoms with Gasteiger partial charge in [-0.05, 0) is 39.3 Å². The van der Waals surface area contributed by atoms with Gasteiger partial charge in [0.1, 0.15) is 0 Å². The van der Waals surface area contributed by atoms with Crippen LogP contribution in [-0.2, 0) is 0 Å². The summed E-state index contributed by atoms with van der Waals surface area (Å²) in [6.07, 6.45) is 1.93. The molecule has 54 valence electrons. The van der Waals surface area contributed by atoms with Crippen LogP contribution in [0.5, 0.6) is 0 Å². The molecule has 1 fully saturated rings. The van der Waals surface area contributed by atoms with E-state index in [1.165, 1.54) is 0 Å². The lowest BCUT2D eigenvalue weighted by Gasteiger charge is -2.40. The SMILES string of the molecule is CNC[C@H]1C[C@](C)(O)C1. The fourth-order valence-electron chi connectivity index (χ4n) is 1.62. The van der Waals surface area contributed by atoms with E-state index in [1.807, 2.05) is 14.0 Å². The van der Waals surface area contributed by atoms with Gasteiger partial charge >= 0.3 is 0 Å². The van der Waals surface area contributed by atoms with Gasteiger partial charge in [0.25, 0.3) is 0 Å². The Balaban J connectivity index is 2.12. The van der Waals surface area contributed by atoms with Crippen molar-refractivity contribution in [3.8, 4) is 0 Å².